The van der Waals surface area contributed by atoms with Crippen LogP contribution in [0.4, 0.5) is 5.82 Å². The Balaban J connectivity index is 1.24. The molecular formula is C28H35N5O. The molecule has 1 amide bonds. The van der Waals surface area contributed by atoms with Gasteiger partial charge in [-0.15, -0.1) is 0 Å². The fraction of sp³-hybridized carbons (Fsp3) is 0.393. The van der Waals surface area contributed by atoms with Gasteiger partial charge in [0.25, 0.3) is 0 Å². The molecule has 0 unspecified atom stereocenters. The highest BCUT2D eigenvalue weighted by atomic mass is 16.1. The molecule has 1 fully saturated rings. The van der Waals surface area contributed by atoms with Crippen LogP contribution in [0.2, 0.25) is 0 Å². The van der Waals surface area contributed by atoms with Crippen molar-refractivity contribution >= 4 is 11.7 Å². The first kappa shape index (κ1) is 23.9. The van der Waals surface area contributed by atoms with Crippen LogP contribution in [0, 0.1) is 12.8 Å². The number of nitrogens with zero attached hydrogens (tertiary/aromatic N) is 4. The second-order valence-corrected chi connectivity index (χ2v) is 9.01. The Morgan fingerprint density at radius 3 is 2.62 bits per heavy atom. The molecule has 1 aliphatic rings. The van der Waals surface area contributed by atoms with Crippen LogP contribution >= 0.6 is 0 Å². The zero-order chi connectivity index (χ0) is 23.8. The first-order valence-electron chi connectivity index (χ1n) is 12.3. The number of piperidine rings is 1. The van der Waals surface area contributed by atoms with E-state index in [2.05, 4.69) is 70.3 Å². The minimum atomic E-state index is 0.0681. The molecule has 0 bridgehead atoms. The van der Waals surface area contributed by atoms with E-state index in [1.54, 1.807) is 0 Å². The van der Waals surface area contributed by atoms with Gasteiger partial charge in [0.1, 0.15) is 5.82 Å². The van der Waals surface area contributed by atoms with Gasteiger partial charge in [0.15, 0.2) is 5.82 Å². The fourth-order valence-electron chi connectivity index (χ4n) is 4.49. The van der Waals surface area contributed by atoms with Gasteiger partial charge in [-0.05, 0) is 44.0 Å². The van der Waals surface area contributed by atoms with E-state index < -0.39 is 0 Å². The largest absolute Gasteiger partial charge is 0.356 e. The summed E-state index contributed by atoms with van der Waals surface area (Å²) < 4.78 is 0. The molecule has 1 saturated heterocycles. The van der Waals surface area contributed by atoms with Crippen LogP contribution in [0.5, 0.6) is 0 Å². The third kappa shape index (κ3) is 6.41. The molecule has 0 atom stereocenters. The van der Waals surface area contributed by atoms with Crippen molar-refractivity contribution in [3.8, 4) is 11.4 Å². The predicted molar refractivity (Wildman–Crippen MR) is 138 cm³/mol. The number of nitrogens with one attached hydrogen (secondary N) is 1. The van der Waals surface area contributed by atoms with Crippen molar-refractivity contribution in [1.29, 1.82) is 0 Å². The lowest BCUT2D eigenvalue weighted by atomic mass is 9.96. The van der Waals surface area contributed by atoms with E-state index in [1.165, 1.54) is 11.1 Å². The summed E-state index contributed by atoms with van der Waals surface area (Å²) in [5, 5.41) is 3.17. The van der Waals surface area contributed by atoms with Gasteiger partial charge in [-0.2, -0.15) is 0 Å². The van der Waals surface area contributed by atoms with Crippen molar-refractivity contribution in [3.05, 3.63) is 78.0 Å². The maximum atomic E-state index is 12.8. The van der Waals surface area contributed by atoms with Crippen molar-refractivity contribution in [2.45, 2.75) is 33.2 Å². The molecule has 6 heteroatoms. The van der Waals surface area contributed by atoms with Gasteiger partial charge >= 0.3 is 0 Å². The van der Waals surface area contributed by atoms with Crippen molar-refractivity contribution in [2.24, 2.45) is 5.92 Å². The Labute approximate surface area is 203 Å². The SMILES string of the molecule is CCN(CCNC(=O)C1CCN(c2ccnc(-c3cccc(C)c3)n2)CC1)Cc1ccccc1. The summed E-state index contributed by atoms with van der Waals surface area (Å²) in [6.07, 6.45) is 3.52. The quantitative estimate of drug-likeness (QED) is 0.519. The summed E-state index contributed by atoms with van der Waals surface area (Å²) in [7, 11) is 0. The standard InChI is InChI=1S/C28H35N5O/c1-3-32(21-23-9-5-4-6-10-23)19-16-30-28(34)24-13-17-33(18-14-24)26-12-15-29-27(31-26)25-11-7-8-22(2)20-25/h4-12,15,20,24H,3,13-14,16-19,21H2,1-2H3,(H,30,34). The Morgan fingerprint density at radius 1 is 1.09 bits per heavy atom. The Kier molecular flexibility index (Phi) is 8.26. The van der Waals surface area contributed by atoms with Gasteiger partial charge in [0.2, 0.25) is 5.91 Å². The number of anilines is 1. The van der Waals surface area contributed by atoms with E-state index >= 15 is 0 Å². The predicted octanol–water partition coefficient (Wildman–Crippen LogP) is 4.31. The summed E-state index contributed by atoms with van der Waals surface area (Å²) in [6.45, 7) is 9.32. The van der Waals surface area contributed by atoms with Gasteiger partial charge in [-0.3, -0.25) is 9.69 Å². The van der Waals surface area contributed by atoms with E-state index in [1.807, 2.05) is 30.5 Å². The van der Waals surface area contributed by atoms with E-state index in [0.717, 1.165) is 62.8 Å². The molecule has 178 valence electrons. The van der Waals surface area contributed by atoms with E-state index in [9.17, 15) is 4.79 Å². The van der Waals surface area contributed by atoms with Gasteiger partial charge in [0.05, 0.1) is 0 Å². The lowest BCUT2D eigenvalue weighted by Gasteiger charge is -2.32. The molecule has 34 heavy (non-hydrogen) atoms. The molecule has 2 aromatic carbocycles. The van der Waals surface area contributed by atoms with E-state index in [-0.39, 0.29) is 11.8 Å². The van der Waals surface area contributed by atoms with E-state index in [4.69, 9.17) is 4.98 Å². The highest BCUT2D eigenvalue weighted by Gasteiger charge is 2.25. The highest BCUT2D eigenvalue weighted by Crippen LogP contribution is 2.24. The molecular weight excluding hydrogens is 422 g/mol. The third-order valence-electron chi connectivity index (χ3n) is 6.53. The summed E-state index contributed by atoms with van der Waals surface area (Å²) in [5.74, 6) is 1.93. The minimum absolute atomic E-state index is 0.0681. The average Bonchev–Trinajstić information content (AvgIpc) is 2.89. The maximum absolute atomic E-state index is 12.8. The molecule has 0 saturated carbocycles. The summed E-state index contributed by atoms with van der Waals surface area (Å²) in [5.41, 5.74) is 3.53. The lowest BCUT2D eigenvalue weighted by Crippen LogP contribution is -2.42. The first-order valence-corrected chi connectivity index (χ1v) is 12.3. The molecule has 0 radical (unpaired) electrons. The van der Waals surface area contributed by atoms with Crippen LogP contribution in [-0.4, -0.2) is 53.5 Å². The Bertz CT molecular complexity index is 1060. The van der Waals surface area contributed by atoms with E-state index in [0.29, 0.717) is 6.54 Å². The number of rotatable bonds is 9. The molecule has 6 nitrogen and oxygen atoms in total. The van der Waals surface area contributed by atoms with Gasteiger partial charge in [-0.25, -0.2) is 9.97 Å². The number of aromatic nitrogens is 2. The monoisotopic (exact) mass is 457 g/mol. The van der Waals surface area contributed by atoms with Crippen molar-refractivity contribution in [1.82, 2.24) is 20.2 Å². The highest BCUT2D eigenvalue weighted by molar-refractivity contribution is 5.79. The van der Waals surface area contributed by atoms with Gasteiger partial charge in [0, 0.05) is 50.4 Å². The number of hydrogen-bond acceptors (Lipinski definition) is 5. The molecule has 4 rings (SSSR count). The first-order chi connectivity index (χ1) is 16.6. The Hall–Kier alpha value is -3.25. The molecule has 2 heterocycles. The maximum Gasteiger partial charge on any atom is 0.223 e. The van der Waals surface area contributed by atoms with Crippen molar-refractivity contribution < 1.29 is 4.79 Å². The van der Waals surface area contributed by atoms with Crippen molar-refractivity contribution in [3.63, 3.8) is 0 Å². The minimum Gasteiger partial charge on any atom is -0.356 e. The van der Waals surface area contributed by atoms with Crippen LogP contribution in [0.15, 0.2) is 66.9 Å². The van der Waals surface area contributed by atoms with Crippen molar-refractivity contribution in [2.75, 3.05) is 37.6 Å². The number of hydrogen-bond donors (Lipinski definition) is 1. The zero-order valence-corrected chi connectivity index (χ0v) is 20.3. The van der Waals surface area contributed by atoms with Crippen LogP contribution < -0.4 is 10.2 Å². The average molecular weight is 458 g/mol. The molecule has 0 aliphatic carbocycles. The van der Waals surface area contributed by atoms with Gasteiger partial charge in [-0.1, -0.05) is 61.0 Å². The molecule has 1 aromatic heterocycles. The Morgan fingerprint density at radius 2 is 1.88 bits per heavy atom. The number of likely N-dealkylation sites (N-methyl/N-ethyl adjacent to an activating group) is 1. The smallest absolute Gasteiger partial charge is 0.223 e. The number of benzene rings is 2. The van der Waals surface area contributed by atoms with Crippen LogP contribution in [0.1, 0.15) is 30.9 Å². The normalized spacial score (nSPS) is 14.4. The number of carbonyl (C=O) groups is 1. The topological polar surface area (TPSA) is 61.4 Å². The zero-order valence-electron chi connectivity index (χ0n) is 20.3. The number of amides is 1. The molecule has 0 spiro atoms. The number of aryl methyl sites for hydroxylation is 1. The van der Waals surface area contributed by atoms with Crippen LogP contribution in [0.25, 0.3) is 11.4 Å². The number of carbonyl (C=O) groups excluding carboxylic acids is 1. The third-order valence-corrected chi connectivity index (χ3v) is 6.53. The summed E-state index contributed by atoms with van der Waals surface area (Å²) in [4.78, 5) is 26.7. The second-order valence-electron chi connectivity index (χ2n) is 9.01. The molecule has 3 aromatic rings. The summed E-state index contributed by atoms with van der Waals surface area (Å²) >= 11 is 0. The van der Waals surface area contributed by atoms with Gasteiger partial charge < -0.3 is 10.2 Å². The molecule has 1 aliphatic heterocycles. The van der Waals surface area contributed by atoms with Crippen LogP contribution in [0.3, 0.4) is 0 Å². The summed E-state index contributed by atoms with van der Waals surface area (Å²) in [6, 6.07) is 20.7. The molecule has 1 N–H and O–H groups in total. The lowest BCUT2D eigenvalue weighted by molar-refractivity contribution is -0.125. The van der Waals surface area contributed by atoms with Crippen LogP contribution in [-0.2, 0) is 11.3 Å². The fourth-order valence-corrected chi connectivity index (χ4v) is 4.49. The second kappa shape index (κ2) is 11.7.